The molecule has 0 saturated carbocycles. The Morgan fingerprint density at radius 1 is 0.591 bits per heavy atom. The minimum atomic E-state index is -0.212. The molecule has 0 saturated heterocycles. The summed E-state index contributed by atoms with van der Waals surface area (Å²) in [4.78, 5) is 0. The molecule has 0 aliphatic heterocycles. The summed E-state index contributed by atoms with van der Waals surface area (Å²) in [6.07, 6.45) is 0. The maximum atomic E-state index is 4.16. The molecule has 2 radical (unpaired) electrons. The molecule has 2 rings (SSSR count). The van der Waals surface area contributed by atoms with E-state index in [9.17, 15) is 0 Å². The molecular weight excluding hydrogens is 453 g/mol. The molecule has 0 aromatic heterocycles. The molecule has 0 aliphatic rings. The van der Waals surface area contributed by atoms with Crippen LogP contribution in [0.4, 0.5) is 0 Å². The van der Waals surface area contributed by atoms with E-state index < -0.39 is 0 Å². The summed E-state index contributed by atoms with van der Waals surface area (Å²) in [6.45, 7) is 9.22. The molecule has 2 aromatic carbocycles. The molecule has 0 unspecified atom stereocenters. The van der Waals surface area contributed by atoms with Crippen LogP contribution in [0.25, 0.3) is 0 Å². The largest absolute Gasteiger partial charge is 1.00 e. The van der Waals surface area contributed by atoms with Crippen molar-refractivity contribution in [2.24, 2.45) is 0 Å². The van der Waals surface area contributed by atoms with Crippen molar-refractivity contribution in [2.75, 3.05) is 0 Å². The molecule has 112 valence electrons. The van der Waals surface area contributed by atoms with Gasteiger partial charge < -0.3 is 0 Å². The Morgan fingerprint density at radius 3 is 0.955 bits per heavy atom. The van der Waals surface area contributed by atoms with E-state index in [0.717, 1.165) is 0 Å². The maximum absolute atomic E-state index is 4.16. The Balaban J connectivity index is -0.000000273. The number of halogens is 1. The summed E-state index contributed by atoms with van der Waals surface area (Å²) < 4.78 is 0. The van der Waals surface area contributed by atoms with Crippen LogP contribution < -0.4 is 48.1 Å². The van der Waals surface area contributed by atoms with Gasteiger partial charge in [0.2, 0.25) is 0 Å². The molecule has 0 fully saturated rings. The first kappa shape index (κ1) is 28.1. The predicted octanol–water partition coefficient (Wildman–Crippen LogP) is -1.81. The normalized spacial score (nSPS) is 8.59. The zero-order chi connectivity index (χ0) is 15.4. The van der Waals surface area contributed by atoms with Crippen molar-refractivity contribution in [3.8, 4) is 0 Å². The van der Waals surface area contributed by atoms with Crippen molar-refractivity contribution in [3.05, 3.63) is 60.7 Å². The summed E-state index contributed by atoms with van der Waals surface area (Å²) in [7, 11) is -0.424. The van der Waals surface area contributed by atoms with Crippen LogP contribution in [0, 0.1) is 0 Å². The van der Waals surface area contributed by atoms with Gasteiger partial charge in [-0.2, -0.15) is 0 Å². The SMILES string of the molecule is C[Si](C)c1ccccc1.C[Si](C)c1ccccc1.[Cu][I].[Li+].[Li+]. The summed E-state index contributed by atoms with van der Waals surface area (Å²) in [5.41, 5.74) is 0. The van der Waals surface area contributed by atoms with Crippen LogP contribution in [0.3, 0.4) is 0 Å². The zero-order valence-corrected chi connectivity index (χ0v) is 19.6. The second-order valence-corrected chi connectivity index (χ2v) is 9.89. The number of rotatable bonds is 2. The number of hydrogen-bond donors (Lipinski definition) is 0. The Kier molecular flexibility index (Phi) is 23.9. The van der Waals surface area contributed by atoms with Gasteiger partial charge in [0.15, 0.2) is 0 Å². The van der Waals surface area contributed by atoms with Gasteiger partial charge in [-0.1, -0.05) is 97.2 Å². The van der Waals surface area contributed by atoms with Gasteiger partial charge in [0.05, 0.1) is 17.6 Å². The smallest absolute Gasteiger partial charge is 1.00 e. The van der Waals surface area contributed by atoms with Gasteiger partial charge in [-0.05, 0) is 0 Å². The minimum Gasteiger partial charge on any atom is 1.00 e. The second kappa shape index (κ2) is 18.7. The van der Waals surface area contributed by atoms with Gasteiger partial charge in [0.25, 0.3) is 0 Å². The molecule has 2 aromatic rings. The van der Waals surface area contributed by atoms with Crippen molar-refractivity contribution in [2.45, 2.75) is 26.2 Å². The van der Waals surface area contributed by atoms with Crippen molar-refractivity contribution < 1.29 is 50.5 Å². The van der Waals surface area contributed by atoms with Crippen LogP contribution in [0.1, 0.15) is 0 Å². The first-order valence-corrected chi connectivity index (χ1v) is 14.5. The Hall–Kier alpha value is 1.32. The minimum absolute atomic E-state index is 0. The number of benzene rings is 2. The van der Waals surface area contributed by atoms with E-state index in [1.54, 1.807) is 20.3 Å². The molecule has 6 heteroatoms. The van der Waals surface area contributed by atoms with E-state index in [2.05, 4.69) is 99.6 Å². The third kappa shape index (κ3) is 13.7. The van der Waals surface area contributed by atoms with Crippen LogP contribution in [0.15, 0.2) is 60.7 Å². The molecule has 0 heterocycles. The fourth-order valence-electron chi connectivity index (χ4n) is 1.54. The predicted molar refractivity (Wildman–Crippen MR) is 101 cm³/mol. The van der Waals surface area contributed by atoms with Crippen molar-refractivity contribution >= 4 is 48.3 Å². The Bertz CT molecular complexity index is 399. The van der Waals surface area contributed by atoms with Crippen molar-refractivity contribution in [3.63, 3.8) is 0 Å². The summed E-state index contributed by atoms with van der Waals surface area (Å²) in [5, 5.41) is 3.03. The van der Waals surface area contributed by atoms with Crippen molar-refractivity contribution in [1.82, 2.24) is 0 Å². The van der Waals surface area contributed by atoms with Gasteiger partial charge in [0, 0.05) is 0 Å². The second-order valence-electron chi connectivity index (χ2n) is 4.73. The quantitative estimate of drug-likeness (QED) is 0.356. The molecule has 0 amide bonds. The zero-order valence-electron chi connectivity index (χ0n) is 14.5. The van der Waals surface area contributed by atoms with Crippen LogP contribution in [0.2, 0.25) is 26.2 Å². The molecule has 0 spiro atoms. The van der Waals surface area contributed by atoms with Crippen LogP contribution in [-0.2, 0) is 12.8 Å². The van der Waals surface area contributed by atoms with Crippen LogP contribution >= 0.6 is 20.3 Å². The van der Waals surface area contributed by atoms with Gasteiger partial charge in [0.1, 0.15) is 0 Å². The molecule has 0 nitrogen and oxygen atoms in total. The van der Waals surface area contributed by atoms with Gasteiger partial charge in [-0.15, -0.1) is 0 Å². The van der Waals surface area contributed by atoms with Gasteiger partial charge in [-0.25, -0.2) is 0 Å². The van der Waals surface area contributed by atoms with E-state index in [4.69, 9.17) is 0 Å². The fourth-order valence-corrected chi connectivity index (χ4v) is 3.26. The number of hydrogen-bond acceptors (Lipinski definition) is 0. The van der Waals surface area contributed by atoms with Crippen LogP contribution in [0.5, 0.6) is 0 Å². The Labute approximate surface area is 183 Å². The monoisotopic (exact) mass is 474 g/mol. The van der Waals surface area contributed by atoms with E-state index in [1.165, 1.54) is 10.4 Å². The molecule has 0 bridgehead atoms. The molecular formula is C16H22CuILi2Si2+2. The molecule has 22 heavy (non-hydrogen) atoms. The van der Waals surface area contributed by atoms with E-state index in [-0.39, 0.29) is 55.3 Å². The summed E-state index contributed by atoms with van der Waals surface area (Å²) >= 11 is 5.87. The first-order valence-electron chi connectivity index (χ1n) is 6.44. The van der Waals surface area contributed by atoms with E-state index in [0.29, 0.717) is 0 Å². The maximum Gasteiger partial charge on any atom is 1.00 e. The standard InChI is InChI=1S/2C8H11Si.Cu.HI.2Li/c2*1-9(2)8-6-4-3-5-7-8;;;;/h2*3-7H,1-2H3;;1H;;/q;;+1;;2*+1/p-1. The third-order valence-electron chi connectivity index (χ3n) is 2.70. The fraction of sp³-hybridized carbons (Fsp3) is 0.250. The summed E-state index contributed by atoms with van der Waals surface area (Å²) in [6, 6.07) is 21.4. The van der Waals surface area contributed by atoms with Gasteiger partial charge in [-0.3, -0.25) is 0 Å². The van der Waals surface area contributed by atoms with E-state index >= 15 is 0 Å². The molecule has 0 N–H and O–H groups in total. The topological polar surface area (TPSA) is 0 Å². The van der Waals surface area contributed by atoms with Crippen LogP contribution in [-0.4, -0.2) is 17.6 Å². The average molecular weight is 475 g/mol. The third-order valence-corrected chi connectivity index (χ3v) is 5.68. The van der Waals surface area contributed by atoms with Crippen molar-refractivity contribution in [1.29, 1.82) is 0 Å². The average Bonchev–Trinajstić information content (AvgIpc) is 2.51. The first-order chi connectivity index (χ1) is 9.61. The van der Waals surface area contributed by atoms with Gasteiger partial charge >= 0.3 is 70.8 Å². The summed E-state index contributed by atoms with van der Waals surface area (Å²) in [5.74, 6) is 0. The van der Waals surface area contributed by atoms with E-state index in [1.807, 2.05) is 0 Å². The molecule has 0 aliphatic carbocycles. The molecule has 0 atom stereocenters. The Morgan fingerprint density at radius 2 is 0.818 bits per heavy atom.